The summed E-state index contributed by atoms with van der Waals surface area (Å²) in [5.41, 5.74) is 0. The highest BCUT2D eigenvalue weighted by molar-refractivity contribution is 5.78. The molecule has 2 N–H and O–H groups in total. The normalized spacial score (nSPS) is 21.3. The zero-order valence-corrected chi connectivity index (χ0v) is 12.9. The van der Waals surface area contributed by atoms with E-state index in [9.17, 15) is 9.59 Å². The molecule has 0 aromatic rings. The molecule has 0 atom stereocenters. The van der Waals surface area contributed by atoms with Gasteiger partial charge in [-0.2, -0.15) is 0 Å². The van der Waals surface area contributed by atoms with Crippen molar-refractivity contribution in [1.82, 2.24) is 15.5 Å². The fourth-order valence-corrected chi connectivity index (χ4v) is 2.85. The van der Waals surface area contributed by atoms with Crippen molar-refractivity contribution in [2.75, 3.05) is 32.8 Å². The number of amides is 2. The summed E-state index contributed by atoms with van der Waals surface area (Å²) in [5.74, 6) is 0.169. The van der Waals surface area contributed by atoms with Crippen molar-refractivity contribution in [3.8, 4) is 0 Å². The predicted octanol–water partition coefficient (Wildman–Crippen LogP) is 0.272. The van der Waals surface area contributed by atoms with Crippen LogP contribution >= 0.6 is 0 Å². The Kier molecular flexibility index (Phi) is 6.45. The van der Waals surface area contributed by atoms with E-state index in [-0.39, 0.29) is 30.6 Å². The second kappa shape index (κ2) is 8.34. The summed E-state index contributed by atoms with van der Waals surface area (Å²) in [6.45, 7) is 5.41. The van der Waals surface area contributed by atoms with Crippen LogP contribution in [0, 0.1) is 0 Å². The van der Waals surface area contributed by atoms with Crippen molar-refractivity contribution in [3.05, 3.63) is 0 Å². The molecule has 6 heteroatoms. The second-order valence-electron chi connectivity index (χ2n) is 5.84. The predicted molar refractivity (Wildman–Crippen MR) is 79.9 cm³/mol. The number of ether oxygens (including phenoxy) is 1. The Labute approximate surface area is 126 Å². The molecule has 0 spiro atoms. The monoisotopic (exact) mass is 297 g/mol. The number of likely N-dealkylation sites (tertiary alicyclic amines) is 1. The fraction of sp³-hybridized carbons (Fsp3) is 0.867. The molecule has 2 saturated heterocycles. The lowest BCUT2D eigenvalue weighted by atomic mass is 10.0. The van der Waals surface area contributed by atoms with E-state index in [1.54, 1.807) is 0 Å². The first-order chi connectivity index (χ1) is 10.2. The van der Waals surface area contributed by atoms with Crippen LogP contribution < -0.4 is 10.6 Å². The molecule has 2 rings (SSSR count). The summed E-state index contributed by atoms with van der Waals surface area (Å²) in [6, 6.07) is 0.215. The van der Waals surface area contributed by atoms with Crippen LogP contribution in [0.15, 0.2) is 0 Å². The molecule has 0 aromatic heterocycles. The molecule has 0 radical (unpaired) electrons. The third kappa shape index (κ3) is 5.28. The lowest BCUT2D eigenvalue weighted by Gasteiger charge is -2.33. The summed E-state index contributed by atoms with van der Waals surface area (Å²) in [5, 5.41) is 6.28. The molecular formula is C15H27N3O3. The van der Waals surface area contributed by atoms with E-state index in [0.29, 0.717) is 19.5 Å². The Bertz CT molecular complexity index is 348. The van der Waals surface area contributed by atoms with Gasteiger partial charge in [-0.3, -0.25) is 9.59 Å². The molecule has 2 heterocycles. The van der Waals surface area contributed by atoms with Crippen LogP contribution in [0.3, 0.4) is 0 Å². The highest BCUT2D eigenvalue weighted by Gasteiger charge is 2.24. The molecule has 0 aliphatic carbocycles. The van der Waals surface area contributed by atoms with E-state index in [0.717, 1.165) is 38.8 Å². The minimum absolute atomic E-state index is 0.0776. The largest absolute Gasteiger partial charge is 0.368 e. The molecule has 120 valence electrons. The van der Waals surface area contributed by atoms with Crippen LogP contribution in [-0.4, -0.2) is 61.6 Å². The van der Waals surface area contributed by atoms with Gasteiger partial charge in [-0.1, -0.05) is 6.92 Å². The molecule has 2 aliphatic heterocycles. The number of carbonyl (C=O) groups excluding carboxylic acids is 2. The number of nitrogens with one attached hydrogen (secondary N) is 2. The number of hydrogen-bond acceptors (Lipinski definition) is 4. The van der Waals surface area contributed by atoms with E-state index in [4.69, 9.17) is 4.74 Å². The van der Waals surface area contributed by atoms with Crippen molar-refractivity contribution < 1.29 is 14.3 Å². The minimum Gasteiger partial charge on any atom is -0.368 e. The first-order valence-electron chi connectivity index (χ1n) is 8.08. The molecule has 2 amide bonds. The zero-order chi connectivity index (χ0) is 15.1. The van der Waals surface area contributed by atoms with Crippen molar-refractivity contribution in [2.24, 2.45) is 0 Å². The third-order valence-corrected chi connectivity index (χ3v) is 4.26. The van der Waals surface area contributed by atoms with Crippen LogP contribution in [0.5, 0.6) is 0 Å². The average Bonchev–Trinajstić information content (AvgIpc) is 2.54. The summed E-state index contributed by atoms with van der Waals surface area (Å²) in [7, 11) is 0. The van der Waals surface area contributed by atoms with Gasteiger partial charge >= 0.3 is 0 Å². The molecule has 0 aromatic carbocycles. The van der Waals surface area contributed by atoms with Crippen LogP contribution in [0.1, 0.15) is 39.0 Å². The molecule has 0 bridgehead atoms. The van der Waals surface area contributed by atoms with Crippen molar-refractivity contribution in [3.63, 3.8) is 0 Å². The maximum absolute atomic E-state index is 12.1. The first kappa shape index (κ1) is 16.2. The van der Waals surface area contributed by atoms with Gasteiger partial charge in [0.2, 0.25) is 11.8 Å². The van der Waals surface area contributed by atoms with Crippen LogP contribution in [0.4, 0.5) is 0 Å². The van der Waals surface area contributed by atoms with Crippen molar-refractivity contribution in [1.29, 1.82) is 0 Å². The van der Waals surface area contributed by atoms with Crippen LogP contribution in [-0.2, 0) is 14.3 Å². The Morgan fingerprint density at radius 3 is 2.48 bits per heavy atom. The van der Waals surface area contributed by atoms with Gasteiger partial charge in [0.1, 0.15) is 6.61 Å². The minimum atomic E-state index is 0.0776. The van der Waals surface area contributed by atoms with Gasteiger partial charge in [-0.15, -0.1) is 0 Å². The lowest BCUT2D eigenvalue weighted by molar-refractivity contribution is -0.139. The highest BCUT2D eigenvalue weighted by atomic mass is 16.5. The summed E-state index contributed by atoms with van der Waals surface area (Å²) < 4.78 is 5.71. The fourth-order valence-electron chi connectivity index (χ4n) is 2.85. The summed E-state index contributed by atoms with van der Waals surface area (Å²) in [6.07, 6.45) is 4.38. The number of rotatable bonds is 5. The van der Waals surface area contributed by atoms with E-state index in [1.165, 1.54) is 0 Å². The summed E-state index contributed by atoms with van der Waals surface area (Å²) >= 11 is 0. The van der Waals surface area contributed by atoms with Gasteiger partial charge in [-0.05, 0) is 38.8 Å². The van der Waals surface area contributed by atoms with Crippen LogP contribution in [0.2, 0.25) is 0 Å². The van der Waals surface area contributed by atoms with Crippen molar-refractivity contribution in [2.45, 2.75) is 51.2 Å². The molecule has 21 heavy (non-hydrogen) atoms. The maximum Gasteiger partial charge on any atom is 0.248 e. The summed E-state index contributed by atoms with van der Waals surface area (Å²) in [4.78, 5) is 25.3. The van der Waals surface area contributed by atoms with Gasteiger partial charge in [-0.25, -0.2) is 0 Å². The lowest BCUT2D eigenvalue weighted by Crippen LogP contribution is -2.47. The molecule has 0 saturated carbocycles. The number of piperidine rings is 2. The first-order valence-corrected chi connectivity index (χ1v) is 8.08. The Morgan fingerprint density at radius 2 is 1.86 bits per heavy atom. The molecule has 6 nitrogen and oxygen atoms in total. The number of hydrogen-bond donors (Lipinski definition) is 2. The van der Waals surface area contributed by atoms with Gasteiger partial charge in [0.15, 0.2) is 0 Å². The molecule has 2 aliphatic rings. The highest BCUT2D eigenvalue weighted by Crippen LogP contribution is 2.12. The quantitative estimate of drug-likeness (QED) is 0.764. The smallest absolute Gasteiger partial charge is 0.248 e. The third-order valence-electron chi connectivity index (χ3n) is 4.26. The van der Waals surface area contributed by atoms with Crippen LogP contribution in [0.25, 0.3) is 0 Å². The number of carbonyl (C=O) groups is 2. The van der Waals surface area contributed by atoms with Gasteiger partial charge in [0.05, 0.1) is 6.10 Å². The Hall–Kier alpha value is -1.14. The van der Waals surface area contributed by atoms with E-state index >= 15 is 0 Å². The molecular weight excluding hydrogens is 270 g/mol. The zero-order valence-electron chi connectivity index (χ0n) is 12.9. The second-order valence-corrected chi connectivity index (χ2v) is 5.84. The average molecular weight is 297 g/mol. The molecule has 2 fully saturated rings. The Balaban J connectivity index is 1.64. The SMILES string of the molecule is CCC(=O)NC1CCN(C(=O)COC2CCNCC2)CC1. The van der Waals surface area contributed by atoms with E-state index in [1.807, 2.05) is 11.8 Å². The molecule has 0 unspecified atom stereocenters. The van der Waals surface area contributed by atoms with Gasteiger partial charge in [0, 0.05) is 25.6 Å². The van der Waals surface area contributed by atoms with Crippen molar-refractivity contribution >= 4 is 11.8 Å². The number of nitrogens with zero attached hydrogens (tertiary/aromatic N) is 1. The topological polar surface area (TPSA) is 70.7 Å². The maximum atomic E-state index is 12.1. The van der Waals surface area contributed by atoms with E-state index < -0.39 is 0 Å². The standard InChI is InChI=1S/C15H27N3O3/c1-2-14(19)17-12-5-9-18(10-6-12)15(20)11-21-13-3-7-16-8-4-13/h12-13,16H,2-11H2,1H3,(H,17,19). The van der Waals surface area contributed by atoms with Gasteiger partial charge in [0.25, 0.3) is 0 Å². The van der Waals surface area contributed by atoms with E-state index in [2.05, 4.69) is 10.6 Å². The van der Waals surface area contributed by atoms with Gasteiger partial charge < -0.3 is 20.3 Å². The Morgan fingerprint density at radius 1 is 1.19 bits per heavy atom.